The summed E-state index contributed by atoms with van der Waals surface area (Å²) in [5, 5.41) is 9.03. The quantitative estimate of drug-likeness (QED) is 0.829. The van der Waals surface area contributed by atoms with Crippen molar-refractivity contribution in [3.05, 3.63) is 24.3 Å². The summed E-state index contributed by atoms with van der Waals surface area (Å²) in [6.45, 7) is 4.21. The molecule has 0 spiro atoms. The molecule has 0 aliphatic carbocycles. The third-order valence-corrected chi connectivity index (χ3v) is 2.56. The van der Waals surface area contributed by atoms with Gasteiger partial charge in [-0.05, 0) is 26.0 Å². The number of anilines is 1. The second-order valence-corrected chi connectivity index (χ2v) is 3.47. The normalized spacial score (nSPS) is 11.9. The number of carbonyl (C=O) groups is 1. The van der Waals surface area contributed by atoms with Gasteiger partial charge in [0.1, 0.15) is 11.8 Å². The average molecular weight is 223 g/mol. The molecule has 4 nitrogen and oxygen atoms in total. The summed E-state index contributed by atoms with van der Waals surface area (Å²) in [7, 11) is 1.58. The maximum Gasteiger partial charge on any atom is 0.326 e. The van der Waals surface area contributed by atoms with Crippen molar-refractivity contribution in [3.8, 4) is 5.75 Å². The highest BCUT2D eigenvalue weighted by molar-refractivity contribution is 5.78. The van der Waals surface area contributed by atoms with Crippen LogP contribution in [0.3, 0.4) is 0 Å². The minimum absolute atomic E-state index is 0.568. The Bertz CT molecular complexity index is 365. The number of hydrogen-bond donors (Lipinski definition) is 1. The molecule has 16 heavy (non-hydrogen) atoms. The monoisotopic (exact) mass is 223 g/mol. The van der Waals surface area contributed by atoms with Crippen LogP contribution in [0.1, 0.15) is 13.8 Å². The van der Waals surface area contributed by atoms with E-state index in [1.165, 1.54) is 0 Å². The summed E-state index contributed by atoms with van der Waals surface area (Å²) in [6.07, 6.45) is 0. The number of ether oxygens (including phenoxy) is 1. The molecule has 0 aliphatic rings. The van der Waals surface area contributed by atoms with Crippen molar-refractivity contribution < 1.29 is 14.6 Å². The van der Waals surface area contributed by atoms with E-state index in [0.29, 0.717) is 12.3 Å². The van der Waals surface area contributed by atoms with Gasteiger partial charge in [0.15, 0.2) is 0 Å². The minimum Gasteiger partial charge on any atom is -0.495 e. The molecule has 0 amide bonds. The molecule has 0 aliphatic heterocycles. The van der Waals surface area contributed by atoms with Crippen LogP contribution in [-0.2, 0) is 4.79 Å². The molecule has 0 aromatic heterocycles. The van der Waals surface area contributed by atoms with Gasteiger partial charge in [-0.1, -0.05) is 12.1 Å². The fourth-order valence-corrected chi connectivity index (χ4v) is 1.65. The number of methoxy groups -OCH3 is 1. The Kier molecular flexibility index (Phi) is 4.17. The maximum atomic E-state index is 11.0. The van der Waals surface area contributed by atoms with E-state index in [1.54, 1.807) is 18.9 Å². The van der Waals surface area contributed by atoms with Gasteiger partial charge < -0.3 is 14.7 Å². The van der Waals surface area contributed by atoms with E-state index >= 15 is 0 Å². The fraction of sp³-hybridized carbons (Fsp3) is 0.417. The third-order valence-electron chi connectivity index (χ3n) is 2.56. The number of carboxylic acids is 1. The number of carboxylic acid groups (broad SMARTS) is 1. The minimum atomic E-state index is -0.840. The Hall–Kier alpha value is -1.71. The average Bonchev–Trinajstić information content (AvgIpc) is 2.30. The zero-order chi connectivity index (χ0) is 12.1. The Labute approximate surface area is 95.5 Å². The summed E-state index contributed by atoms with van der Waals surface area (Å²) in [5.41, 5.74) is 0.808. The Morgan fingerprint density at radius 2 is 2.12 bits per heavy atom. The zero-order valence-electron chi connectivity index (χ0n) is 9.80. The molecule has 1 aromatic rings. The van der Waals surface area contributed by atoms with Gasteiger partial charge in [0, 0.05) is 6.54 Å². The number of nitrogens with zero attached hydrogens (tertiary/aromatic N) is 1. The van der Waals surface area contributed by atoms with E-state index in [2.05, 4.69) is 0 Å². The fourth-order valence-electron chi connectivity index (χ4n) is 1.65. The molecule has 0 saturated carbocycles. The molecule has 1 unspecified atom stereocenters. The van der Waals surface area contributed by atoms with Crippen molar-refractivity contribution >= 4 is 11.7 Å². The first kappa shape index (κ1) is 12.4. The van der Waals surface area contributed by atoms with Gasteiger partial charge in [-0.3, -0.25) is 0 Å². The summed E-state index contributed by atoms with van der Waals surface area (Å²) in [4.78, 5) is 12.8. The summed E-state index contributed by atoms with van der Waals surface area (Å²) >= 11 is 0. The molecule has 0 saturated heterocycles. The van der Waals surface area contributed by atoms with Gasteiger partial charge in [0.05, 0.1) is 12.8 Å². The number of hydrogen-bond acceptors (Lipinski definition) is 3. The molecule has 1 rings (SSSR count). The van der Waals surface area contributed by atoms with Crippen LogP contribution in [0.4, 0.5) is 5.69 Å². The Morgan fingerprint density at radius 1 is 1.50 bits per heavy atom. The first-order chi connectivity index (χ1) is 7.61. The molecule has 1 aromatic carbocycles. The van der Waals surface area contributed by atoms with E-state index in [1.807, 2.05) is 31.2 Å². The van der Waals surface area contributed by atoms with Crippen LogP contribution in [0.5, 0.6) is 5.75 Å². The van der Waals surface area contributed by atoms with Gasteiger partial charge in [-0.25, -0.2) is 4.79 Å². The molecule has 1 atom stereocenters. The summed E-state index contributed by atoms with van der Waals surface area (Å²) in [6, 6.07) is 6.85. The van der Waals surface area contributed by atoms with Gasteiger partial charge in [-0.15, -0.1) is 0 Å². The molecule has 0 radical (unpaired) electrons. The SMILES string of the molecule is CCN(c1ccccc1OC)C(C)C(=O)O. The van der Waals surface area contributed by atoms with Crippen LogP contribution >= 0.6 is 0 Å². The highest BCUT2D eigenvalue weighted by Crippen LogP contribution is 2.28. The van der Waals surface area contributed by atoms with Crippen LogP contribution in [0, 0.1) is 0 Å². The largest absolute Gasteiger partial charge is 0.495 e. The van der Waals surface area contributed by atoms with Crippen molar-refractivity contribution in [2.75, 3.05) is 18.6 Å². The van der Waals surface area contributed by atoms with E-state index in [0.717, 1.165) is 5.69 Å². The second-order valence-electron chi connectivity index (χ2n) is 3.47. The van der Waals surface area contributed by atoms with E-state index in [4.69, 9.17) is 9.84 Å². The number of likely N-dealkylation sites (N-methyl/N-ethyl adjacent to an activating group) is 1. The lowest BCUT2D eigenvalue weighted by Gasteiger charge is -2.28. The molecule has 0 bridgehead atoms. The lowest BCUT2D eigenvalue weighted by atomic mass is 10.2. The lowest BCUT2D eigenvalue weighted by Crippen LogP contribution is -2.39. The predicted octanol–water partition coefficient (Wildman–Crippen LogP) is 1.99. The molecule has 0 fully saturated rings. The maximum absolute atomic E-state index is 11.0. The first-order valence-corrected chi connectivity index (χ1v) is 5.24. The summed E-state index contributed by atoms with van der Waals surface area (Å²) < 4.78 is 5.22. The summed E-state index contributed by atoms with van der Waals surface area (Å²) in [5.74, 6) is -0.148. The first-order valence-electron chi connectivity index (χ1n) is 5.24. The molecular weight excluding hydrogens is 206 g/mol. The van der Waals surface area contributed by atoms with Crippen molar-refractivity contribution in [2.24, 2.45) is 0 Å². The van der Waals surface area contributed by atoms with Crippen molar-refractivity contribution in [3.63, 3.8) is 0 Å². The molecule has 88 valence electrons. The van der Waals surface area contributed by atoms with E-state index < -0.39 is 12.0 Å². The Balaban J connectivity index is 3.07. The van der Waals surface area contributed by atoms with E-state index in [9.17, 15) is 4.79 Å². The molecule has 0 heterocycles. The lowest BCUT2D eigenvalue weighted by molar-refractivity contribution is -0.138. The van der Waals surface area contributed by atoms with Gasteiger partial charge in [-0.2, -0.15) is 0 Å². The van der Waals surface area contributed by atoms with Crippen molar-refractivity contribution in [1.29, 1.82) is 0 Å². The van der Waals surface area contributed by atoms with Gasteiger partial charge in [0.2, 0.25) is 0 Å². The topological polar surface area (TPSA) is 49.8 Å². The second kappa shape index (κ2) is 5.39. The number of benzene rings is 1. The van der Waals surface area contributed by atoms with Crippen LogP contribution in [0.15, 0.2) is 24.3 Å². The zero-order valence-corrected chi connectivity index (χ0v) is 9.80. The van der Waals surface area contributed by atoms with Gasteiger partial charge in [0.25, 0.3) is 0 Å². The third kappa shape index (κ3) is 2.45. The van der Waals surface area contributed by atoms with Crippen molar-refractivity contribution in [1.82, 2.24) is 0 Å². The Morgan fingerprint density at radius 3 is 2.62 bits per heavy atom. The van der Waals surface area contributed by atoms with Crippen LogP contribution in [0.25, 0.3) is 0 Å². The number of para-hydroxylation sites is 2. The number of aliphatic carboxylic acids is 1. The molecular formula is C12H17NO3. The van der Waals surface area contributed by atoms with E-state index in [-0.39, 0.29) is 0 Å². The van der Waals surface area contributed by atoms with Crippen LogP contribution in [0.2, 0.25) is 0 Å². The smallest absolute Gasteiger partial charge is 0.326 e. The predicted molar refractivity (Wildman–Crippen MR) is 63.1 cm³/mol. The van der Waals surface area contributed by atoms with Crippen LogP contribution < -0.4 is 9.64 Å². The van der Waals surface area contributed by atoms with Crippen molar-refractivity contribution in [2.45, 2.75) is 19.9 Å². The van der Waals surface area contributed by atoms with Crippen LogP contribution in [-0.4, -0.2) is 30.8 Å². The van der Waals surface area contributed by atoms with Gasteiger partial charge >= 0.3 is 5.97 Å². The molecule has 1 N–H and O–H groups in total. The number of rotatable bonds is 5. The highest BCUT2D eigenvalue weighted by Gasteiger charge is 2.21. The molecule has 4 heteroatoms. The highest BCUT2D eigenvalue weighted by atomic mass is 16.5. The standard InChI is InChI=1S/C12H17NO3/c1-4-13(9(2)12(14)15)10-7-5-6-8-11(10)16-3/h5-9H,4H2,1-3H3,(H,14,15).